The van der Waals surface area contributed by atoms with Gasteiger partial charge in [-0.25, -0.2) is 4.79 Å². The number of hydrogen-bond acceptors (Lipinski definition) is 9. The molecule has 1 aromatic carbocycles. The molecular formula is C19H26O8S. The summed E-state index contributed by atoms with van der Waals surface area (Å²) >= 11 is 1.06. The van der Waals surface area contributed by atoms with Crippen LogP contribution in [0.2, 0.25) is 0 Å². The van der Waals surface area contributed by atoms with Crippen LogP contribution >= 0.6 is 11.8 Å². The SMILES string of the molecule is COC(=O)[C@]1(Sc2ccccc2)C[C@H](O)[C@@H](O)[C@H]([C@H](O)[C@H]2COC(C)(C)O2)O1. The van der Waals surface area contributed by atoms with E-state index in [0.29, 0.717) is 4.90 Å². The molecule has 28 heavy (non-hydrogen) atoms. The molecule has 0 spiro atoms. The zero-order chi connectivity index (χ0) is 20.5. The summed E-state index contributed by atoms with van der Waals surface area (Å²) in [4.78, 5) is 11.7. The zero-order valence-electron chi connectivity index (χ0n) is 16.0. The molecule has 2 fully saturated rings. The first-order chi connectivity index (χ1) is 13.2. The minimum Gasteiger partial charge on any atom is -0.466 e. The van der Waals surface area contributed by atoms with E-state index in [0.717, 1.165) is 11.8 Å². The van der Waals surface area contributed by atoms with Gasteiger partial charge in [-0.05, 0) is 26.0 Å². The molecular weight excluding hydrogens is 388 g/mol. The fourth-order valence-electron chi connectivity index (χ4n) is 3.39. The van der Waals surface area contributed by atoms with Gasteiger partial charge in [-0.2, -0.15) is 0 Å². The molecule has 6 atom stereocenters. The number of thioether (sulfide) groups is 1. The van der Waals surface area contributed by atoms with E-state index in [1.54, 1.807) is 38.1 Å². The monoisotopic (exact) mass is 414 g/mol. The Bertz CT molecular complexity index is 684. The Morgan fingerprint density at radius 2 is 1.93 bits per heavy atom. The molecule has 0 bridgehead atoms. The van der Waals surface area contributed by atoms with E-state index in [9.17, 15) is 20.1 Å². The van der Waals surface area contributed by atoms with E-state index in [-0.39, 0.29) is 13.0 Å². The second-order valence-corrected chi connectivity index (χ2v) is 8.70. The van der Waals surface area contributed by atoms with Crippen LogP contribution in [0.25, 0.3) is 0 Å². The molecule has 2 aliphatic rings. The highest BCUT2D eigenvalue weighted by Gasteiger charge is 2.56. The lowest BCUT2D eigenvalue weighted by Gasteiger charge is -2.45. The third kappa shape index (κ3) is 4.35. The molecule has 0 amide bonds. The number of methoxy groups -OCH3 is 1. The van der Waals surface area contributed by atoms with E-state index < -0.39 is 47.2 Å². The fourth-order valence-corrected chi connectivity index (χ4v) is 4.65. The van der Waals surface area contributed by atoms with Gasteiger partial charge in [0.15, 0.2) is 5.79 Å². The molecule has 0 aliphatic carbocycles. The second-order valence-electron chi connectivity index (χ2n) is 7.36. The number of ether oxygens (including phenoxy) is 4. The maximum absolute atomic E-state index is 12.6. The van der Waals surface area contributed by atoms with Gasteiger partial charge in [-0.3, -0.25) is 0 Å². The summed E-state index contributed by atoms with van der Waals surface area (Å²) in [5.74, 6) is -1.60. The minimum atomic E-state index is -1.63. The van der Waals surface area contributed by atoms with E-state index in [2.05, 4.69) is 0 Å². The normalized spacial score (nSPS) is 36.1. The third-order valence-corrected chi connectivity index (χ3v) is 6.07. The van der Waals surface area contributed by atoms with E-state index in [1.807, 2.05) is 6.07 Å². The number of benzene rings is 1. The molecule has 0 unspecified atom stereocenters. The first kappa shape index (κ1) is 21.5. The Morgan fingerprint density at radius 1 is 1.25 bits per heavy atom. The standard InChI is InChI=1S/C19H26O8S/c1-18(2)25-10-13(26-18)15(22)16-14(21)12(20)9-19(27-16,17(23)24-3)28-11-7-5-4-6-8-11/h4-8,12-16,20-22H,9-10H2,1-3H3/t12-,13+,14+,15+,16+,19+/m0/s1. The van der Waals surface area contributed by atoms with Crippen molar-refractivity contribution >= 4 is 17.7 Å². The van der Waals surface area contributed by atoms with Gasteiger partial charge < -0.3 is 34.3 Å². The lowest BCUT2D eigenvalue weighted by atomic mass is 9.92. The van der Waals surface area contributed by atoms with E-state index >= 15 is 0 Å². The van der Waals surface area contributed by atoms with Crippen LogP contribution < -0.4 is 0 Å². The number of aliphatic hydroxyl groups excluding tert-OH is 3. The van der Waals surface area contributed by atoms with Crippen LogP contribution in [0.15, 0.2) is 35.2 Å². The number of carbonyl (C=O) groups excluding carboxylic acids is 1. The van der Waals surface area contributed by atoms with Gasteiger partial charge in [0.1, 0.15) is 24.4 Å². The topological polar surface area (TPSA) is 115 Å². The van der Waals surface area contributed by atoms with Gasteiger partial charge in [-0.1, -0.05) is 30.0 Å². The lowest BCUT2D eigenvalue weighted by molar-refractivity contribution is -0.235. The lowest BCUT2D eigenvalue weighted by Crippen LogP contribution is -2.62. The van der Waals surface area contributed by atoms with E-state index in [4.69, 9.17) is 18.9 Å². The van der Waals surface area contributed by atoms with Gasteiger partial charge in [0.2, 0.25) is 4.93 Å². The molecule has 0 aromatic heterocycles. The summed E-state index contributed by atoms with van der Waals surface area (Å²) in [5, 5.41) is 31.7. The van der Waals surface area contributed by atoms with Crippen LogP contribution in [0.1, 0.15) is 20.3 Å². The Labute approximate surface area is 167 Å². The van der Waals surface area contributed by atoms with Crippen molar-refractivity contribution in [1.82, 2.24) is 0 Å². The van der Waals surface area contributed by atoms with Crippen molar-refractivity contribution in [2.24, 2.45) is 0 Å². The van der Waals surface area contributed by atoms with Crippen LogP contribution in [0.4, 0.5) is 0 Å². The number of carbonyl (C=O) groups is 1. The highest BCUT2D eigenvalue weighted by Crippen LogP contribution is 2.44. The number of aliphatic hydroxyl groups is 3. The molecule has 3 rings (SSSR count). The van der Waals surface area contributed by atoms with Crippen molar-refractivity contribution in [1.29, 1.82) is 0 Å². The Hall–Kier alpha value is -1.20. The molecule has 2 heterocycles. The van der Waals surface area contributed by atoms with Crippen molar-refractivity contribution in [2.75, 3.05) is 13.7 Å². The molecule has 2 saturated heterocycles. The first-order valence-electron chi connectivity index (χ1n) is 9.04. The summed E-state index contributed by atoms with van der Waals surface area (Å²) in [6.45, 7) is 3.50. The number of rotatable bonds is 5. The van der Waals surface area contributed by atoms with Crippen LogP contribution in [0.5, 0.6) is 0 Å². The fraction of sp³-hybridized carbons (Fsp3) is 0.632. The van der Waals surface area contributed by atoms with Gasteiger partial charge >= 0.3 is 5.97 Å². The molecule has 3 N–H and O–H groups in total. The number of esters is 1. The average Bonchev–Trinajstić information content (AvgIpc) is 3.04. The van der Waals surface area contributed by atoms with Gasteiger partial charge in [0.25, 0.3) is 0 Å². The second kappa shape index (κ2) is 8.27. The van der Waals surface area contributed by atoms with Crippen molar-refractivity contribution in [3.05, 3.63) is 30.3 Å². The summed E-state index contributed by atoms with van der Waals surface area (Å²) in [7, 11) is 1.22. The predicted molar refractivity (Wildman–Crippen MR) is 99.5 cm³/mol. The van der Waals surface area contributed by atoms with Crippen LogP contribution in [-0.2, 0) is 23.7 Å². The van der Waals surface area contributed by atoms with Gasteiger partial charge in [0, 0.05) is 11.3 Å². The summed E-state index contributed by atoms with van der Waals surface area (Å²) in [5.41, 5.74) is 0. The summed E-state index contributed by atoms with van der Waals surface area (Å²) in [6, 6.07) is 9.02. The molecule has 1 aromatic rings. The maximum atomic E-state index is 12.6. The van der Waals surface area contributed by atoms with Gasteiger partial charge in [0.05, 0.1) is 19.8 Å². The predicted octanol–water partition coefficient (Wildman–Crippen LogP) is 0.671. The zero-order valence-corrected chi connectivity index (χ0v) is 16.8. The quantitative estimate of drug-likeness (QED) is 0.598. The number of hydrogen-bond donors (Lipinski definition) is 3. The molecule has 0 saturated carbocycles. The highest BCUT2D eigenvalue weighted by atomic mass is 32.2. The molecule has 9 heteroatoms. The van der Waals surface area contributed by atoms with Crippen molar-refractivity contribution in [2.45, 2.75) is 66.4 Å². The maximum Gasteiger partial charge on any atom is 0.349 e. The molecule has 156 valence electrons. The van der Waals surface area contributed by atoms with Crippen molar-refractivity contribution in [3.8, 4) is 0 Å². The van der Waals surface area contributed by atoms with Crippen LogP contribution in [0, 0.1) is 0 Å². The Balaban J connectivity index is 1.87. The summed E-state index contributed by atoms with van der Waals surface area (Å²) in [6.07, 6.45) is -6.29. The Morgan fingerprint density at radius 3 is 2.50 bits per heavy atom. The van der Waals surface area contributed by atoms with E-state index in [1.165, 1.54) is 7.11 Å². The Kier molecular flexibility index (Phi) is 6.35. The average molecular weight is 414 g/mol. The third-order valence-electron chi connectivity index (χ3n) is 4.81. The van der Waals surface area contributed by atoms with Gasteiger partial charge in [-0.15, -0.1) is 0 Å². The minimum absolute atomic E-state index is 0.0912. The molecule has 0 radical (unpaired) electrons. The largest absolute Gasteiger partial charge is 0.466 e. The molecule has 2 aliphatic heterocycles. The van der Waals surface area contributed by atoms with Crippen LogP contribution in [0.3, 0.4) is 0 Å². The van der Waals surface area contributed by atoms with Crippen molar-refractivity contribution < 1.29 is 39.1 Å². The molecule has 8 nitrogen and oxygen atoms in total. The smallest absolute Gasteiger partial charge is 0.349 e. The van der Waals surface area contributed by atoms with Crippen LogP contribution in [-0.4, -0.2) is 76.2 Å². The van der Waals surface area contributed by atoms with Crippen molar-refractivity contribution in [3.63, 3.8) is 0 Å². The highest BCUT2D eigenvalue weighted by molar-refractivity contribution is 8.01. The first-order valence-corrected chi connectivity index (χ1v) is 9.85. The summed E-state index contributed by atoms with van der Waals surface area (Å²) < 4.78 is 22.0.